The van der Waals surface area contributed by atoms with Crippen LogP contribution in [-0.4, -0.2) is 6.61 Å². The lowest BCUT2D eigenvalue weighted by Gasteiger charge is -2.25. The minimum Gasteiger partial charge on any atom is -0.493 e. The van der Waals surface area contributed by atoms with E-state index >= 15 is 0 Å². The van der Waals surface area contributed by atoms with Gasteiger partial charge >= 0.3 is 0 Å². The molecule has 1 nitrogen and oxygen atoms in total. The summed E-state index contributed by atoms with van der Waals surface area (Å²) in [5.74, 6) is 1.53. The first-order valence-electron chi connectivity index (χ1n) is 7.10. The molecule has 0 amide bonds. The maximum atomic E-state index is 5.96. The summed E-state index contributed by atoms with van der Waals surface area (Å²) in [7, 11) is 0. The maximum Gasteiger partial charge on any atom is 0.119 e. The second kappa shape index (κ2) is 5.48. The summed E-state index contributed by atoms with van der Waals surface area (Å²) >= 11 is 0. The molecule has 2 aromatic rings. The number of hydrogen-bond acceptors (Lipinski definition) is 1. The Balaban J connectivity index is 1.69. The molecule has 3 rings (SSSR count). The third-order valence-electron chi connectivity index (χ3n) is 3.97. The molecular weight excluding hydrogens is 232 g/mol. The zero-order valence-electron chi connectivity index (χ0n) is 11.4. The van der Waals surface area contributed by atoms with Crippen LogP contribution in [0.4, 0.5) is 0 Å². The van der Waals surface area contributed by atoms with Gasteiger partial charge in [0.05, 0.1) is 6.61 Å². The Morgan fingerprint density at radius 1 is 1.05 bits per heavy atom. The molecule has 0 aliphatic heterocycles. The van der Waals surface area contributed by atoms with Crippen molar-refractivity contribution in [1.82, 2.24) is 0 Å². The summed E-state index contributed by atoms with van der Waals surface area (Å²) in [6.07, 6.45) is 3.74. The van der Waals surface area contributed by atoms with Crippen LogP contribution in [0.1, 0.15) is 35.4 Å². The molecule has 0 radical (unpaired) electrons. The van der Waals surface area contributed by atoms with Gasteiger partial charge in [-0.25, -0.2) is 0 Å². The van der Waals surface area contributed by atoms with Crippen LogP contribution in [0.25, 0.3) is 0 Å². The highest BCUT2D eigenvalue weighted by molar-refractivity contribution is 5.33. The van der Waals surface area contributed by atoms with Crippen molar-refractivity contribution < 1.29 is 4.74 Å². The topological polar surface area (TPSA) is 9.23 Å². The van der Waals surface area contributed by atoms with Gasteiger partial charge in [-0.1, -0.05) is 42.0 Å². The molecule has 0 saturated carbocycles. The van der Waals surface area contributed by atoms with Gasteiger partial charge in [-0.15, -0.1) is 0 Å². The fraction of sp³-hybridized carbons (Fsp3) is 0.333. The Labute approximate surface area is 115 Å². The summed E-state index contributed by atoms with van der Waals surface area (Å²) in [4.78, 5) is 0. The van der Waals surface area contributed by atoms with Gasteiger partial charge in [-0.3, -0.25) is 0 Å². The highest BCUT2D eigenvalue weighted by Gasteiger charge is 2.20. The Morgan fingerprint density at radius 2 is 1.84 bits per heavy atom. The summed E-state index contributed by atoms with van der Waals surface area (Å²) in [6.45, 7) is 2.89. The van der Waals surface area contributed by atoms with Gasteiger partial charge in [0.25, 0.3) is 0 Å². The van der Waals surface area contributed by atoms with E-state index < -0.39 is 0 Å². The SMILES string of the molecule is Cc1ccc(OCC2CCCc3ccccc32)cc1. The molecule has 1 aliphatic carbocycles. The lowest BCUT2D eigenvalue weighted by molar-refractivity contribution is 0.274. The van der Waals surface area contributed by atoms with E-state index in [2.05, 4.69) is 55.5 Å². The number of benzene rings is 2. The van der Waals surface area contributed by atoms with Gasteiger partial charge in [0, 0.05) is 5.92 Å². The average Bonchev–Trinajstić information content (AvgIpc) is 2.47. The number of rotatable bonds is 3. The summed E-state index contributed by atoms with van der Waals surface area (Å²) in [6, 6.07) is 17.1. The smallest absolute Gasteiger partial charge is 0.119 e. The molecule has 0 bridgehead atoms. The van der Waals surface area contributed by atoms with Gasteiger partial charge in [0.1, 0.15) is 5.75 Å². The van der Waals surface area contributed by atoms with Gasteiger partial charge in [0.2, 0.25) is 0 Å². The van der Waals surface area contributed by atoms with E-state index in [9.17, 15) is 0 Å². The lowest BCUT2D eigenvalue weighted by atomic mass is 9.83. The van der Waals surface area contributed by atoms with Crippen LogP contribution >= 0.6 is 0 Å². The Hall–Kier alpha value is -1.76. The van der Waals surface area contributed by atoms with Crippen molar-refractivity contribution in [3.63, 3.8) is 0 Å². The fourth-order valence-electron chi connectivity index (χ4n) is 2.86. The Bertz CT molecular complexity index is 542. The third kappa shape index (κ3) is 2.81. The van der Waals surface area contributed by atoms with Crippen molar-refractivity contribution in [2.75, 3.05) is 6.61 Å². The predicted molar refractivity (Wildman–Crippen MR) is 78.8 cm³/mol. The first-order chi connectivity index (χ1) is 9.33. The number of hydrogen-bond donors (Lipinski definition) is 0. The van der Waals surface area contributed by atoms with Crippen molar-refractivity contribution in [3.8, 4) is 5.75 Å². The molecule has 1 atom stereocenters. The molecular formula is C18H20O. The van der Waals surface area contributed by atoms with Gasteiger partial charge in [-0.2, -0.15) is 0 Å². The molecule has 1 aliphatic rings. The van der Waals surface area contributed by atoms with Crippen molar-refractivity contribution in [1.29, 1.82) is 0 Å². The monoisotopic (exact) mass is 252 g/mol. The Kier molecular flexibility index (Phi) is 3.54. The van der Waals surface area contributed by atoms with Crippen LogP contribution in [0.15, 0.2) is 48.5 Å². The van der Waals surface area contributed by atoms with Crippen LogP contribution in [-0.2, 0) is 6.42 Å². The molecule has 0 aromatic heterocycles. The van der Waals surface area contributed by atoms with Crippen molar-refractivity contribution in [2.24, 2.45) is 0 Å². The molecule has 0 N–H and O–H groups in total. The average molecular weight is 252 g/mol. The van der Waals surface area contributed by atoms with Crippen LogP contribution in [0.3, 0.4) is 0 Å². The van der Waals surface area contributed by atoms with Crippen molar-refractivity contribution in [3.05, 3.63) is 65.2 Å². The zero-order valence-corrected chi connectivity index (χ0v) is 11.4. The van der Waals surface area contributed by atoms with E-state index in [-0.39, 0.29) is 0 Å². The van der Waals surface area contributed by atoms with Crippen molar-refractivity contribution in [2.45, 2.75) is 32.1 Å². The van der Waals surface area contributed by atoms with E-state index in [0.717, 1.165) is 12.4 Å². The van der Waals surface area contributed by atoms with Crippen LogP contribution in [0.2, 0.25) is 0 Å². The standard InChI is InChI=1S/C18H20O/c1-14-9-11-17(12-10-14)19-13-16-7-4-6-15-5-2-3-8-18(15)16/h2-3,5,8-12,16H,4,6-7,13H2,1H3. The first-order valence-corrected chi connectivity index (χ1v) is 7.10. The van der Waals surface area contributed by atoms with E-state index in [1.165, 1.54) is 36.0 Å². The van der Waals surface area contributed by atoms with Crippen LogP contribution < -0.4 is 4.74 Å². The van der Waals surface area contributed by atoms with Crippen LogP contribution in [0, 0.1) is 6.92 Å². The first kappa shape index (κ1) is 12.3. The minimum atomic E-state index is 0.547. The maximum absolute atomic E-state index is 5.96. The number of ether oxygens (including phenoxy) is 1. The lowest BCUT2D eigenvalue weighted by Crippen LogP contribution is -2.16. The molecule has 19 heavy (non-hydrogen) atoms. The van der Waals surface area contributed by atoms with Crippen LogP contribution in [0.5, 0.6) is 5.75 Å². The molecule has 0 heterocycles. The largest absolute Gasteiger partial charge is 0.493 e. The second-order valence-electron chi connectivity index (χ2n) is 5.41. The third-order valence-corrected chi connectivity index (χ3v) is 3.97. The quantitative estimate of drug-likeness (QED) is 0.781. The molecule has 2 aromatic carbocycles. The summed E-state index contributed by atoms with van der Waals surface area (Å²) < 4.78 is 5.96. The number of fused-ring (bicyclic) bond motifs is 1. The molecule has 98 valence electrons. The summed E-state index contributed by atoms with van der Waals surface area (Å²) in [5.41, 5.74) is 4.27. The molecule has 0 spiro atoms. The van der Waals surface area contributed by atoms with E-state index in [0.29, 0.717) is 5.92 Å². The highest BCUT2D eigenvalue weighted by Crippen LogP contribution is 2.31. The fourth-order valence-corrected chi connectivity index (χ4v) is 2.86. The highest BCUT2D eigenvalue weighted by atomic mass is 16.5. The second-order valence-corrected chi connectivity index (χ2v) is 5.41. The van der Waals surface area contributed by atoms with Gasteiger partial charge in [0.15, 0.2) is 0 Å². The minimum absolute atomic E-state index is 0.547. The molecule has 0 saturated heterocycles. The van der Waals surface area contributed by atoms with Gasteiger partial charge < -0.3 is 4.74 Å². The molecule has 1 heteroatoms. The summed E-state index contributed by atoms with van der Waals surface area (Å²) in [5, 5.41) is 0. The normalized spacial score (nSPS) is 17.8. The van der Waals surface area contributed by atoms with Crippen molar-refractivity contribution >= 4 is 0 Å². The Morgan fingerprint density at radius 3 is 2.68 bits per heavy atom. The zero-order chi connectivity index (χ0) is 13.1. The van der Waals surface area contributed by atoms with E-state index in [1.54, 1.807) is 0 Å². The van der Waals surface area contributed by atoms with E-state index in [4.69, 9.17) is 4.74 Å². The molecule has 0 fully saturated rings. The predicted octanol–water partition coefficient (Wildman–Crippen LogP) is 4.49. The number of aryl methyl sites for hydroxylation is 2. The van der Waals surface area contributed by atoms with E-state index in [1.807, 2.05) is 0 Å². The van der Waals surface area contributed by atoms with Gasteiger partial charge in [-0.05, 0) is 49.4 Å². The molecule has 1 unspecified atom stereocenters.